The van der Waals surface area contributed by atoms with Crippen LogP contribution in [0.2, 0.25) is 0 Å². The molecule has 0 amide bonds. The van der Waals surface area contributed by atoms with Crippen LogP contribution in [-0.2, 0) is 26.8 Å². The third-order valence-corrected chi connectivity index (χ3v) is 12.0. The van der Waals surface area contributed by atoms with E-state index >= 15 is 0 Å². The maximum absolute atomic E-state index is 11.6. The molecule has 236 valence electrons. The first kappa shape index (κ1) is 32.0. The largest absolute Gasteiger partial charge is 0.334 e. The van der Waals surface area contributed by atoms with Crippen LogP contribution in [0.25, 0.3) is 22.9 Å². The quantitative estimate of drug-likeness (QED) is 0.167. The molecule has 1 aromatic heterocycles. The van der Waals surface area contributed by atoms with Crippen molar-refractivity contribution in [2.75, 3.05) is 23.0 Å². The third kappa shape index (κ3) is 7.21. The van der Waals surface area contributed by atoms with Gasteiger partial charge in [-0.1, -0.05) is 90.7 Å². The van der Waals surface area contributed by atoms with Crippen molar-refractivity contribution in [3.05, 3.63) is 99.0 Å². The van der Waals surface area contributed by atoms with E-state index in [1.54, 1.807) is 23.1 Å². The first-order valence-electron chi connectivity index (χ1n) is 14.9. The summed E-state index contributed by atoms with van der Waals surface area (Å²) in [6.45, 7) is 2.97. The number of hydrogen-bond donors (Lipinski definition) is 2. The van der Waals surface area contributed by atoms with Crippen LogP contribution >= 0.6 is 23.1 Å². The maximum Gasteiger partial charge on any atom is 0.265 e. The molecule has 0 radical (unpaired) electrons. The van der Waals surface area contributed by atoms with Crippen molar-refractivity contribution in [3.8, 4) is 0 Å². The number of anilines is 1. The van der Waals surface area contributed by atoms with Gasteiger partial charge in [-0.2, -0.15) is 21.4 Å². The number of benzene rings is 2. The Hall–Kier alpha value is -3.00. The number of thiazole rings is 1. The summed E-state index contributed by atoms with van der Waals surface area (Å²) in [5.74, 6) is -0.246. The fraction of sp³-hybridized carbons (Fsp3) is 0.303. The molecule has 6 rings (SSSR count). The predicted octanol–water partition coefficient (Wildman–Crippen LogP) is 6.84. The predicted molar refractivity (Wildman–Crippen MR) is 184 cm³/mol. The molecule has 0 fully saturated rings. The van der Waals surface area contributed by atoms with Gasteiger partial charge in [-0.15, -0.1) is 0 Å². The van der Waals surface area contributed by atoms with Gasteiger partial charge in [-0.3, -0.25) is 9.11 Å². The molecule has 1 aliphatic heterocycles. The number of hydrogen-bond acceptors (Lipinski definition) is 7. The summed E-state index contributed by atoms with van der Waals surface area (Å²) in [6, 6.07) is 12.3. The smallest absolute Gasteiger partial charge is 0.265 e. The minimum Gasteiger partial charge on any atom is -0.334 e. The fourth-order valence-electron chi connectivity index (χ4n) is 6.13. The molecule has 8 nitrogen and oxygen atoms in total. The van der Waals surface area contributed by atoms with Gasteiger partial charge in [0, 0.05) is 35.2 Å². The fourth-order valence-corrected chi connectivity index (χ4v) is 9.53. The second-order valence-corrected chi connectivity index (χ2v) is 16.6. The van der Waals surface area contributed by atoms with Gasteiger partial charge in [0.2, 0.25) is 5.69 Å². The molecule has 2 aromatic carbocycles. The molecular weight excluding hydrogens is 649 g/mol. The minimum atomic E-state index is -4.09. The van der Waals surface area contributed by atoms with Gasteiger partial charge >= 0.3 is 0 Å². The van der Waals surface area contributed by atoms with Gasteiger partial charge in [0.05, 0.1) is 28.1 Å². The summed E-state index contributed by atoms with van der Waals surface area (Å²) < 4.78 is 67.3. The summed E-state index contributed by atoms with van der Waals surface area (Å²) in [5.41, 5.74) is 3.25. The summed E-state index contributed by atoms with van der Waals surface area (Å²) in [5, 5.41) is 4.15. The highest BCUT2D eigenvalue weighted by Gasteiger charge is 2.36. The number of nitrogens with zero attached hydrogens (tertiary/aromatic N) is 2. The van der Waals surface area contributed by atoms with Gasteiger partial charge in [-0.25, -0.2) is 0 Å². The Kier molecular flexibility index (Phi) is 9.24. The van der Waals surface area contributed by atoms with Crippen LogP contribution < -0.4 is 9.47 Å². The molecule has 12 heteroatoms. The average Bonchev–Trinajstić information content (AvgIpc) is 3.53. The van der Waals surface area contributed by atoms with Crippen LogP contribution in [-0.4, -0.2) is 44.0 Å². The SMILES string of the molecule is CCC(=Cc1sc2c([n+]1CCCS(=O)(=O)O)C1C=CC=CC1C=C2)C=C1Sc2ccc3ccccc3c2N1CCCS(=O)(=O)O. The summed E-state index contributed by atoms with van der Waals surface area (Å²) >= 11 is 3.31. The molecule has 3 aliphatic rings. The number of fused-ring (bicyclic) bond motifs is 6. The van der Waals surface area contributed by atoms with Crippen molar-refractivity contribution >= 4 is 71.9 Å². The lowest BCUT2D eigenvalue weighted by atomic mass is 9.82. The first-order valence-corrected chi connectivity index (χ1v) is 19.8. The van der Waals surface area contributed by atoms with Gasteiger partial charge < -0.3 is 4.90 Å². The highest BCUT2D eigenvalue weighted by molar-refractivity contribution is 8.03. The summed E-state index contributed by atoms with van der Waals surface area (Å²) in [6.07, 6.45) is 18.4. The van der Waals surface area contributed by atoms with Gasteiger partial charge in [0.25, 0.3) is 25.2 Å². The molecule has 0 bridgehead atoms. The van der Waals surface area contributed by atoms with Crippen LogP contribution in [0, 0.1) is 5.92 Å². The molecule has 2 unspecified atom stereocenters. The van der Waals surface area contributed by atoms with Crippen molar-refractivity contribution in [1.29, 1.82) is 0 Å². The van der Waals surface area contributed by atoms with E-state index in [1.165, 1.54) is 0 Å². The van der Waals surface area contributed by atoms with Gasteiger partial charge in [0.15, 0.2) is 6.54 Å². The van der Waals surface area contributed by atoms with E-state index in [0.717, 1.165) is 54.0 Å². The molecule has 2 heterocycles. The lowest BCUT2D eigenvalue weighted by Gasteiger charge is -2.22. The van der Waals surface area contributed by atoms with E-state index in [1.807, 2.05) is 12.1 Å². The zero-order valence-electron chi connectivity index (χ0n) is 24.7. The molecule has 0 saturated heterocycles. The molecule has 2 aliphatic carbocycles. The van der Waals surface area contributed by atoms with Crippen molar-refractivity contribution in [2.24, 2.45) is 5.92 Å². The second-order valence-electron chi connectivity index (χ2n) is 11.3. The third-order valence-electron chi connectivity index (χ3n) is 8.19. The minimum absolute atomic E-state index is 0.147. The topological polar surface area (TPSA) is 116 Å². The van der Waals surface area contributed by atoms with E-state index < -0.39 is 20.2 Å². The molecule has 2 atom stereocenters. The zero-order valence-corrected chi connectivity index (χ0v) is 28.0. The molecule has 45 heavy (non-hydrogen) atoms. The van der Waals surface area contributed by atoms with Crippen LogP contribution in [0.5, 0.6) is 0 Å². The Morgan fingerprint density at radius 2 is 1.73 bits per heavy atom. The Morgan fingerprint density at radius 1 is 0.978 bits per heavy atom. The highest BCUT2D eigenvalue weighted by Crippen LogP contribution is 2.50. The van der Waals surface area contributed by atoms with Crippen LogP contribution in [0.4, 0.5) is 5.69 Å². The monoisotopic (exact) mass is 683 g/mol. The normalized spacial score (nSPS) is 20.2. The van der Waals surface area contributed by atoms with Crippen LogP contribution in [0.3, 0.4) is 0 Å². The van der Waals surface area contributed by atoms with E-state index in [2.05, 4.69) is 89.3 Å². The Morgan fingerprint density at radius 3 is 2.51 bits per heavy atom. The van der Waals surface area contributed by atoms with Gasteiger partial charge in [-0.05, 0) is 42.0 Å². The van der Waals surface area contributed by atoms with Crippen LogP contribution in [0.15, 0.2) is 88.4 Å². The Balaban J connectivity index is 1.40. The lowest BCUT2D eigenvalue weighted by molar-refractivity contribution is -0.701. The van der Waals surface area contributed by atoms with E-state index in [4.69, 9.17) is 0 Å². The highest BCUT2D eigenvalue weighted by atomic mass is 32.2. The second kappa shape index (κ2) is 13.0. The van der Waals surface area contributed by atoms with Gasteiger partial charge in [0.1, 0.15) is 4.88 Å². The number of rotatable bonds is 11. The molecule has 3 aromatic rings. The van der Waals surface area contributed by atoms with Crippen molar-refractivity contribution in [1.82, 2.24) is 0 Å². The summed E-state index contributed by atoms with van der Waals surface area (Å²) in [4.78, 5) is 4.38. The van der Waals surface area contributed by atoms with E-state index in [0.29, 0.717) is 13.1 Å². The van der Waals surface area contributed by atoms with E-state index in [9.17, 15) is 25.9 Å². The number of aromatic nitrogens is 1. The van der Waals surface area contributed by atoms with Crippen molar-refractivity contribution < 1.29 is 30.5 Å². The molecule has 2 N–H and O–H groups in total. The van der Waals surface area contributed by atoms with Crippen molar-refractivity contribution in [2.45, 2.75) is 43.5 Å². The number of thioether (sulfide) groups is 1. The van der Waals surface area contributed by atoms with Crippen molar-refractivity contribution in [3.63, 3.8) is 0 Å². The molecule has 0 saturated carbocycles. The first-order chi connectivity index (χ1) is 21.5. The average molecular weight is 684 g/mol. The Labute approximate surface area is 272 Å². The molecule has 0 spiro atoms. The maximum atomic E-state index is 11.6. The summed E-state index contributed by atoms with van der Waals surface area (Å²) in [7, 11) is -8.17. The zero-order chi connectivity index (χ0) is 31.8. The Bertz CT molecular complexity index is 2000. The lowest BCUT2D eigenvalue weighted by Crippen LogP contribution is -2.42. The van der Waals surface area contributed by atoms with E-state index in [-0.39, 0.29) is 36.2 Å². The standard InChI is InChI=1S/C33H34N2O6S4/c1-2-23(21-30-34(17-7-19-44(36,37)38)32-26-11-5-3-9-24(26)13-15-28(32)42-30)22-31-35(18-8-20-45(39,40)41)33-27-12-6-4-10-25(27)14-16-29(33)43-31/h3-6,9-16,21-22,24,26H,2,7-8,17-20H2,1H3,(H-,36,37,38,39,40,41)/p+1. The number of allylic oxidation sites excluding steroid dienone is 7. The van der Waals surface area contributed by atoms with Crippen LogP contribution in [0.1, 0.15) is 47.7 Å². The molecular formula is C33H35N2O6S4+.